The molecule has 2 heterocycles. The Morgan fingerprint density at radius 2 is 1.52 bits per heavy atom. The third-order valence-corrected chi connectivity index (χ3v) is 3.81. The molecule has 0 atom stereocenters. The van der Waals surface area contributed by atoms with Gasteiger partial charge < -0.3 is 0 Å². The van der Waals surface area contributed by atoms with Crippen LogP contribution in [0.1, 0.15) is 5.69 Å². The molecular weight excluding hydrogens is 286 g/mol. The number of hydrogen-bond acceptors (Lipinski definition) is 2. The predicted octanol–water partition coefficient (Wildman–Crippen LogP) is 3.46. The topological polar surface area (TPSA) is 39.3 Å². The normalized spacial score (nSPS) is 11.0. The van der Waals surface area contributed by atoms with Gasteiger partial charge in [-0.05, 0) is 19.1 Å². The summed E-state index contributed by atoms with van der Waals surface area (Å²) in [5.74, 6) is 0. The number of rotatable bonds is 2. The van der Waals surface area contributed by atoms with Crippen molar-refractivity contribution in [2.75, 3.05) is 0 Å². The number of aromatic nitrogens is 3. The first kappa shape index (κ1) is 13.5. The molecule has 23 heavy (non-hydrogen) atoms. The number of hydrogen-bond donors (Lipinski definition) is 0. The van der Waals surface area contributed by atoms with Crippen molar-refractivity contribution in [3.8, 4) is 16.9 Å². The van der Waals surface area contributed by atoms with E-state index in [1.807, 2.05) is 78.3 Å². The summed E-state index contributed by atoms with van der Waals surface area (Å²) in [4.78, 5) is 17.1. The minimum atomic E-state index is -0.0847. The van der Waals surface area contributed by atoms with Crippen LogP contribution in [0.3, 0.4) is 0 Å². The van der Waals surface area contributed by atoms with E-state index in [0.29, 0.717) is 5.65 Å². The van der Waals surface area contributed by atoms with Crippen molar-refractivity contribution in [2.45, 2.75) is 6.92 Å². The Balaban J connectivity index is 2.14. The van der Waals surface area contributed by atoms with Gasteiger partial charge in [-0.2, -0.15) is 4.52 Å². The average Bonchev–Trinajstić information content (AvgIpc) is 2.96. The van der Waals surface area contributed by atoms with E-state index in [-0.39, 0.29) is 5.56 Å². The van der Waals surface area contributed by atoms with Crippen LogP contribution < -0.4 is 5.56 Å². The van der Waals surface area contributed by atoms with Gasteiger partial charge in [0.15, 0.2) is 5.65 Å². The van der Waals surface area contributed by atoms with Crippen molar-refractivity contribution in [2.24, 2.45) is 0 Å². The van der Waals surface area contributed by atoms with Gasteiger partial charge in [0.25, 0.3) is 5.56 Å². The lowest BCUT2D eigenvalue weighted by molar-refractivity contribution is 0.766. The van der Waals surface area contributed by atoms with Crippen LogP contribution in [0.25, 0.3) is 22.6 Å². The van der Waals surface area contributed by atoms with Gasteiger partial charge >= 0.3 is 0 Å². The van der Waals surface area contributed by atoms with Crippen molar-refractivity contribution in [3.63, 3.8) is 0 Å². The maximum atomic E-state index is 12.5. The first-order chi connectivity index (χ1) is 11.2. The van der Waals surface area contributed by atoms with Crippen molar-refractivity contribution in [3.05, 3.63) is 88.8 Å². The minimum Gasteiger partial charge on any atom is -0.267 e. The second-order valence-corrected chi connectivity index (χ2v) is 5.45. The van der Waals surface area contributed by atoms with Crippen LogP contribution in [0, 0.1) is 6.92 Å². The molecule has 4 heteroatoms. The molecule has 0 aliphatic rings. The van der Waals surface area contributed by atoms with Gasteiger partial charge in [-0.1, -0.05) is 48.5 Å². The van der Waals surface area contributed by atoms with Crippen molar-refractivity contribution in [1.29, 1.82) is 0 Å². The molecule has 0 unspecified atom stereocenters. The SMILES string of the molecule is Cc1cc(=O)n2c(cc(-c3ccccc3)n2-c2ccccc2)n1. The van der Waals surface area contributed by atoms with Gasteiger partial charge in [0.05, 0.1) is 11.4 Å². The fourth-order valence-corrected chi connectivity index (χ4v) is 2.84. The molecule has 0 saturated carbocycles. The van der Waals surface area contributed by atoms with Gasteiger partial charge in [-0.25, -0.2) is 9.67 Å². The largest absolute Gasteiger partial charge is 0.273 e. The van der Waals surface area contributed by atoms with Gasteiger partial charge in [0.2, 0.25) is 0 Å². The van der Waals surface area contributed by atoms with E-state index in [0.717, 1.165) is 22.6 Å². The number of para-hydroxylation sites is 1. The average molecular weight is 301 g/mol. The molecule has 4 nitrogen and oxygen atoms in total. The summed E-state index contributed by atoms with van der Waals surface area (Å²) in [5.41, 5.74) is 4.19. The quantitative estimate of drug-likeness (QED) is 0.569. The van der Waals surface area contributed by atoms with Crippen LogP contribution in [-0.2, 0) is 0 Å². The Morgan fingerprint density at radius 1 is 0.870 bits per heavy atom. The highest BCUT2D eigenvalue weighted by molar-refractivity contribution is 5.67. The number of fused-ring (bicyclic) bond motifs is 1. The molecular formula is C19H15N3O. The molecule has 0 fully saturated rings. The zero-order chi connectivity index (χ0) is 15.8. The zero-order valence-corrected chi connectivity index (χ0v) is 12.7. The first-order valence-corrected chi connectivity index (χ1v) is 7.47. The van der Waals surface area contributed by atoms with E-state index in [2.05, 4.69) is 4.98 Å². The third-order valence-electron chi connectivity index (χ3n) is 3.81. The second kappa shape index (κ2) is 5.25. The highest BCUT2D eigenvalue weighted by atomic mass is 16.1. The molecule has 0 radical (unpaired) electrons. The lowest BCUT2D eigenvalue weighted by Gasteiger charge is -2.11. The molecule has 0 amide bonds. The van der Waals surface area contributed by atoms with E-state index in [9.17, 15) is 4.79 Å². The molecule has 2 aromatic carbocycles. The van der Waals surface area contributed by atoms with E-state index < -0.39 is 0 Å². The fraction of sp³-hybridized carbons (Fsp3) is 0.0526. The Kier molecular flexibility index (Phi) is 3.08. The van der Waals surface area contributed by atoms with Crippen LogP contribution in [0.5, 0.6) is 0 Å². The molecule has 0 saturated heterocycles. The summed E-state index contributed by atoms with van der Waals surface area (Å²) in [5, 5.41) is 0. The highest BCUT2D eigenvalue weighted by Gasteiger charge is 2.14. The summed E-state index contributed by atoms with van der Waals surface area (Å²) in [6.07, 6.45) is 0. The summed E-state index contributed by atoms with van der Waals surface area (Å²) in [6, 6.07) is 23.4. The van der Waals surface area contributed by atoms with Gasteiger partial charge in [0.1, 0.15) is 0 Å². The van der Waals surface area contributed by atoms with Crippen LogP contribution >= 0.6 is 0 Å². The Morgan fingerprint density at radius 3 is 2.22 bits per heavy atom. The molecule has 0 spiro atoms. The van der Waals surface area contributed by atoms with E-state index >= 15 is 0 Å². The molecule has 0 aliphatic carbocycles. The number of nitrogens with zero attached hydrogens (tertiary/aromatic N) is 3. The van der Waals surface area contributed by atoms with Crippen molar-refractivity contribution >= 4 is 5.65 Å². The molecule has 0 bridgehead atoms. The standard InChI is InChI=1S/C19H15N3O/c1-14-12-19(23)22-18(20-14)13-17(15-8-4-2-5-9-15)21(22)16-10-6-3-7-11-16/h2-13H,1H3. The second-order valence-electron chi connectivity index (χ2n) is 5.45. The van der Waals surface area contributed by atoms with E-state index in [1.165, 1.54) is 0 Å². The third kappa shape index (κ3) is 2.25. The molecule has 112 valence electrons. The Bertz CT molecular complexity index is 1030. The first-order valence-electron chi connectivity index (χ1n) is 7.47. The van der Waals surface area contributed by atoms with Crippen molar-refractivity contribution < 1.29 is 0 Å². The fourth-order valence-electron chi connectivity index (χ4n) is 2.84. The summed E-state index contributed by atoms with van der Waals surface area (Å²) < 4.78 is 3.53. The van der Waals surface area contributed by atoms with E-state index in [4.69, 9.17) is 0 Å². The van der Waals surface area contributed by atoms with Crippen molar-refractivity contribution in [1.82, 2.24) is 14.2 Å². The monoisotopic (exact) mass is 301 g/mol. The minimum absolute atomic E-state index is 0.0847. The van der Waals surface area contributed by atoms with Gasteiger partial charge in [-0.15, -0.1) is 0 Å². The number of benzene rings is 2. The maximum absolute atomic E-state index is 12.5. The van der Waals surface area contributed by atoms with Crippen LogP contribution in [0.15, 0.2) is 77.6 Å². The van der Waals surface area contributed by atoms with Gasteiger partial charge in [0, 0.05) is 23.4 Å². The highest BCUT2D eigenvalue weighted by Crippen LogP contribution is 2.25. The van der Waals surface area contributed by atoms with E-state index in [1.54, 1.807) is 10.6 Å². The molecule has 2 aromatic heterocycles. The maximum Gasteiger partial charge on any atom is 0.273 e. The van der Waals surface area contributed by atoms with Crippen LogP contribution in [0.2, 0.25) is 0 Å². The molecule has 4 aromatic rings. The predicted molar refractivity (Wildman–Crippen MR) is 91.0 cm³/mol. The number of aryl methyl sites for hydroxylation is 1. The zero-order valence-electron chi connectivity index (χ0n) is 12.7. The Labute approximate surface area is 133 Å². The summed E-state index contributed by atoms with van der Waals surface area (Å²) >= 11 is 0. The molecule has 0 aliphatic heterocycles. The smallest absolute Gasteiger partial charge is 0.267 e. The molecule has 0 N–H and O–H groups in total. The van der Waals surface area contributed by atoms with Crippen LogP contribution in [-0.4, -0.2) is 14.2 Å². The Hall–Kier alpha value is -3.14. The lowest BCUT2D eigenvalue weighted by Crippen LogP contribution is -2.20. The van der Waals surface area contributed by atoms with Crippen LogP contribution in [0.4, 0.5) is 0 Å². The molecule has 4 rings (SSSR count). The summed E-state index contributed by atoms with van der Waals surface area (Å²) in [6.45, 7) is 1.84. The lowest BCUT2D eigenvalue weighted by atomic mass is 10.1. The van der Waals surface area contributed by atoms with Gasteiger partial charge in [-0.3, -0.25) is 4.79 Å². The summed E-state index contributed by atoms with van der Waals surface area (Å²) in [7, 11) is 0.